The molecule has 0 amide bonds. The van der Waals surface area contributed by atoms with E-state index in [1.807, 2.05) is 0 Å². The smallest absolute Gasteiger partial charge is 0.243 e. The predicted octanol–water partition coefficient (Wildman–Crippen LogP) is 1.25. The summed E-state index contributed by atoms with van der Waals surface area (Å²) in [5.74, 6) is 0.708. The molecule has 19 heavy (non-hydrogen) atoms. The van der Waals surface area contributed by atoms with Crippen LogP contribution in [0.4, 0.5) is 0 Å². The van der Waals surface area contributed by atoms with E-state index in [0.29, 0.717) is 30.3 Å². The molecule has 0 radical (unpaired) electrons. The first-order valence-corrected chi connectivity index (χ1v) is 8.05. The van der Waals surface area contributed by atoms with Crippen LogP contribution in [0.25, 0.3) is 0 Å². The standard InChI is InChI=1S/C13H18N2O3S/c14-12-5-8-18-13-4-3-10(9-11(12)13)19(16,17)15-6-1-2-7-15/h3-4,9,12H,1-2,5-8,14H2. The van der Waals surface area contributed by atoms with Gasteiger partial charge in [0.15, 0.2) is 0 Å². The van der Waals surface area contributed by atoms with Gasteiger partial charge in [-0.3, -0.25) is 0 Å². The third-order valence-electron chi connectivity index (χ3n) is 3.77. The van der Waals surface area contributed by atoms with Crippen LogP contribution in [0.1, 0.15) is 30.9 Å². The van der Waals surface area contributed by atoms with Gasteiger partial charge in [0.1, 0.15) is 5.75 Å². The first-order chi connectivity index (χ1) is 9.09. The van der Waals surface area contributed by atoms with Crippen LogP contribution in [-0.4, -0.2) is 32.4 Å². The largest absolute Gasteiger partial charge is 0.493 e. The van der Waals surface area contributed by atoms with E-state index in [1.165, 1.54) is 0 Å². The summed E-state index contributed by atoms with van der Waals surface area (Å²) in [6, 6.07) is 4.87. The van der Waals surface area contributed by atoms with Gasteiger partial charge in [0.05, 0.1) is 11.5 Å². The SMILES string of the molecule is NC1CCOc2ccc(S(=O)(=O)N3CCCC3)cc21. The Morgan fingerprint density at radius 2 is 2.00 bits per heavy atom. The van der Waals surface area contributed by atoms with Gasteiger partial charge in [-0.1, -0.05) is 0 Å². The molecule has 0 aromatic heterocycles. The Morgan fingerprint density at radius 3 is 2.74 bits per heavy atom. The number of benzene rings is 1. The molecule has 1 aromatic rings. The van der Waals surface area contributed by atoms with E-state index < -0.39 is 10.0 Å². The van der Waals surface area contributed by atoms with Crippen LogP contribution in [0.2, 0.25) is 0 Å². The maximum absolute atomic E-state index is 12.5. The molecule has 6 heteroatoms. The topological polar surface area (TPSA) is 72.6 Å². The Bertz CT molecular complexity index is 580. The molecule has 1 unspecified atom stereocenters. The van der Waals surface area contributed by atoms with E-state index in [0.717, 1.165) is 24.8 Å². The van der Waals surface area contributed by atoms with E-state index in [2.05, 4.69) is 0 Å². The number of rotatable bonds is 2. The molecule has 2 aliphatic rings. The zero-order valence-electron chi connectivity index (χ0n) is 10.7. The molecule has 5 nitrogen and oxygen atoms in total. The summed E-state index contributed by atoms with van der Waals surface area (Å²) in [6.07, 6.45) is 2.60. The molecule has 1 saturated heterocycles. The van der Waals surface area contributed by atoms with Crippen LogP contribution in [-0.2, 0) is 10.0 Å². The maximum atomic E-state index is 12.5. The first kappa shape index (κ1) is 12.9. The monoisotopic (exact) mass is 282 g/mol. The van der Waals surface area contributed by atoms with Crippen molar-refractivity contribution in [2.24, 2.45) is 5.73 Å². The summed E-state index contributed by atoms with van der Waals surface area (Å²) in [7, 11) is -3.37. The molecule has 3 rings (SSSR count). The van der Waals surface area contributed by atoms with Crippen molar-refractivity contribution in [3.63, 3.8) is 0 Å². The van der Waals surface area contributed by atoms with Gasteiger partial charge in [0, 0.05) is 31.1 Å². The van der Waals surface area contributed by atoms with Crippen LogP contribution in [0.5, 0.6) is 5.75 Å². The number of ether oxygens (including phenoxy) is 1. The molecule has 2 N–H and O–H groups in total. The van der Waals surface area contributed by atoms with Crippen LogP contribution >= 0.6 is 0 Å². The molecule has 2 heterocycles. The summed E-state index contributed by atoms with van der Waals surface area (Å²) in [6.45, 7) is 1.82. The predicted molar refractivity (Wildman–Crippen MR) is 71.5 cm³/mol. The van der Waals surface area contributed by atoms with Gasteiger partial charge < -0.3 is 10.5 Å². The lowest BCUT2D eigenvalue weighted by atomic mass is 10.0. The number of nitrogens with two attached hydrogens (primary N) is 1. The highest BCUT2D eigenvalue weighted by Crippen LogP contribution is 2.33. The molecule has 0 aliphatic carbocycles. The number of sulfonamides is 1. The van der Waals surface area contributed by atoms with Gasteiger partial charge in [-0.15, -0.1) is 0 Å². The third kappa shape index (κ3) is 2.24. The molecule has 104 valence electrons. The maximum Gasteiger partial charge on any atom is 0.243 e. The van der Waals surface area contributed by atoms with Gasteiger partial charge in [0.25, 0.3) is 0 Å². The number of hydrogen-bond donors (Lipinski definition) is 1. The second kappa shape index (κ2) is 4.77. The molecule has 1 aromatic carbocycles. The summed E-state index contributed by atoms with van der Waals surface area (Å²) in [4.78, 5) is 0.328. The molecule has 0 bridgehead atoms. The van der Waals surface area contributed by atoms with Crippen molar-refractivity contribution in [2.75, 3.05) is 19.7 Å². The van der Waals surface area contributed by atoms with Crippen LogP contribution in [0.15, 0.2) is 23.1 Å². The van der Waals surface area contributed by atoms with E-state index in [4.69, 9.17) is 10.5 Å². The Morgan fingerprint density at radius 1 is 1.26 bits per heavy atom. The summed E-state index contributed by atoms with van der Waals surface area (Å²) in [5.41, 5.74) is 6.82. The van der Waals surface area contributed by atoms with Gasteiger partial charge in [0.2, 0.25) is 10.0 Å². The van der Waals surface area contributed by atoms with Gasteiger partial charge >= 0.3 is 0 Å². The van der Waals surface area contributed by atoms with Crippen molar-refractivity contribution >= 4 is 10.0 Å². The minimum absolute atomic E-state index is 0.141. The van der Waals surface area contributed by atoms with Gasteiger partial charge in [-0.2, -0.15) is 4.31 Å². The lowest BCUT2D eigenvalue weighted by Gasteiger charge is -2.24. The van der Waals surface area contributed by atoms with E-state index in [-0.39, 0.29) is 6.04 Å². The second-order valence-corrected chi connectivity index (χ2v) is 6.99. The molecular weight excluding hydrogens is 264 g/mol. The zero-order valence-corrected chi connectivity index (χ0v) is 11.5. The fourth-order valence-electron chi connectivity index (χ4n) is 2.64. The van der Waals surface area contributed by atoms with E-state index in [9.17, 15) is 8.42 Å². The Kier molecular flexibility index (Phi) is 3.24. The minimum Gasteiger partial charge on any atom is -0.493 e. The average molecular weight is 282 g/mol. The van der Waals surface area contributed by atoms with E-state index in [1.54, 1.807) is 22.5 Å². The lowest BCUT2D eigenvalue weighted by molar-refractivity contribution is 0.268. The zero-order chi connectivity index (χ0) is 13.5. The highest BCUT2D eigenvalue weighted by molar-refractivity contribution is 7.89. The average Bonchev–Trinajstić information content (AvgIpc) is 2.93. The Balaban J connectivity index is 1.99. The van der Waals surface area contributed by atoms with Gasteiger partial charge in [-0.05, 0) is 31.0 Å². The summed E-state index contributed by atoms with van der Waals surface area (Å²) in [5, 5.41) is 0. The van der Waals surface area contributed by atoms with Crippen molar-refractivity contribution < 1.29 is 13.2 Å². The highest BCUT2D eigenvalue weighted by Gasteiger charge is 2.29. The number of hydrogen-bond acceptors (Lipinski definition) is 4. The van der Waals surface area contributed by atoms with E-state index >= 15 is 0 Å². The van der Waals surface area contributed by atoms with Crippen molar-refractivity contribution in [2.45, 2.75) is 30.2 Å². The summed E-state index contributed by atoms with van der Waals surface area (Å²) >= 11 is 0. The van der Waals surface area contributed by atoms with Crippen molar-refractivity contribution in [3.05, 3.63) is 23.8 Å². The molecular formula is C13H18N2O3S. The fourth-order valence-corrected chi connectivity index (χ4v) is 4.19. The Hall–Kier alpha value is -1.11. The molecule has 1 atom stereocenters. The number of fused-ring (bicyclic) bond motifs is 1. The van der Waals surface area contributed by atoms with Crippen LogP contribution in [0.3, 0.4) is 0 Å². The normalized spacial score (nSPS) is 23.9. The first-order valence-electron chi connectivity index (χ1n) is 6.61. The lowest BCUT2D eigenvalue weighted by Crippen LogP contribution is -2.28. The molecule has 1 fully saturated rings. The fraction of sp³-hybridized carbons (Fsp3) is 0.538. The van der Waals surface area contributed by atoms with Crippen molar-refractivity contribution in [1.29, 1.82) is 0 Å². The quantitative estimate of drug-likeness (QED) is 0.886. The highest BCUT2D eigenvalue weighted by atomic mass is 32.2. The third-order valence-corrected chi connectivity index (χ3v) is 5.66. The van der Waals surface area contributed by atoms with Crippen LogP contribution in [0, 0.1) is 0 Å². The van der Waals surface area contributed by atoms with Crippen molar-refractivity contribution in [3.8, 4) is 5.75 Å². The second-order valence-electron chi connectivity index (χ2n) is 5.05. The van der Waals surface area contributed by atoms with Gasteiger partial charge in [-0.25, -0.2) is 8.42 Å². The van der Waals surface area contributed by atoms with Crippen molar-refractivity contribution in [1.82, 2.24) is 4.31 Å². The molecule has 2 aliphatic heterocycles. The minimum atomic E-state index is -3.37. The molecule has 0 spiro atoms. The summed E-state index contributed by atoms with van der Waals surface area (Å²) < 4.78 is 32.0. The number of nitrogens with zero attached hydrogens (tertiary/aromatic N) is 1. The Labute approximate surface area is 113 Å². The molecule has 0 saturated carbocycles. The van der Waals surface area contributed by atoms with Crippen LogP contribution < -0.4 is 10.5 Å².